The van der Waals surface area contributed by atoms with Crippen LogP contribution >= 0.6 is 15.9 Å². The number of piperidine rings is 1. The Balaban J connectivity index is 1.80. The summed E-state index contributed by atoms with van der Waals surface area (Å²) >= 11 is 3.35. The second kappa shape index (κ2) is 8.32. The van der Waals surface area contributed by atoms with Gasteiger partial charge in [-0.1, -0.05) is 35.0 Å². The zero-order valence-electron chi connectivity index (χ0n) is 12.9. The summed E-state index contributed by atoms with van der Waals surface area (Å²) in [6.07, 6.45) is 4.41. The zero-order valence-corrected chi connectivity index (χ0v) is 14.5. The highest BCUT2D eigenvalue weighted by atomic mass is 79.9. The van der Waals surface area contributed by atoms with Gasteiger partial charge in [0.15, 0.2) is 6.61 Å². The van der Waals surface area contributed by atoms with Gasteiger partial charge in [-0.2, -0.15) is 0 Å². The average Bonchev–Trinajstić information content (AvgIpc) is 2.54. The molecule has 0 N–H and O–H groups in total. The minimum Gasteiger partial charge on any atom is -0.455 e. The normalized spacial score (nSPS) is 18.1. The van der Waals surface area contributed by atoms with E-state index in [4.69, 9.17) is 4.74 Å². The number of halogens is 1. The number of esters is 1. The van der Waals surface area contributed by atoms with Crippen LogP contribution < -0.4 is 0 Å². The van der Waals surface area contributed by atoms with Gasteiger partial charge in [-0.25, -0.2) is 0 Å². The third-order valence-corrected chi connectivity index (χ3v) is 4.57. The molecule has 1 amide bonds. The number of carbonyl (C=O) groups is 2. The maximum Gasteiger partial charge on any atom is 0.310 e. The van der Waals surface area contributed by atoms with E-state index in [2.05, 4.69) is 22.9 Å². The summed E-state index contributed by atoms with van der Waals surface area (Å²) in [5, 5.41) is 0. The Morgan fingerprint density at radius 1 is 1.27 bits per heavy atom. The van der Waals surface area contributed by atoms with E-state index in [0.29, 0.717) is 6.04 Å². The van der Waals surface area contributed by atoms with E-state index < -0.39 is 0 Å². The van der Waals surface area contributed by atoms with Crippen LogP contribution in [-0.4, -0.2) is 36.0 Å². The van der Waals surface area contributed by atoms with Gasteiger partial charge < -0.3 is 9.64 Å². The van der Waals surface area contributed by atoms with Crippen molar-refractivity contribution < 1.29 is 14.3 Å². The van der Waals surface area contributed by atoms with E-state index in [-0.39, 0.29) is 24.9 Å². The van der Waals surface area contributed by atoms with Crippen molar-refractivity contribution >= 4 is 27.8 Å². The number of amides is 1. The summed E-state index contributed by atoms with van der Waals surface area (Å²) in [4.78, 5) is 25.9. The summed E-state index contributed by atoms with van der Waals surface area (Å²) in [5.74, 6) is -0.434. The predicted molar refractivity (Wildman–Crippen MR) is 88.4 cm³/mol. The smallest absolute Gasteiger partial charge is 0.310 e. The fourth-order valence-corrected chi connectivity index (χ4v) is 3.06. The van der Waals surface area contributed by atoms with Crippen molar-refractivity contribution in [2.24, 2.45) is 0 Å². The first-order chi connectivity index (χ1) is 10.6. The largest absolute Gasteiger partial charge is 0.455 e. The second-order valence-corrected chi connectivity index (χ2v) is 6.52. The molecule has 0 radical (unpaired) electrons. The standard InChI is InChI=1S/C17H22BrNO3/c1-2-15-5-3-4-10-19(15)16(20)12-22-17(21)11-13-6-8-14(18)9-7-13/h6-9,15H,2-5,10-12H2,1H3. The van der Waals surface area contributed by atoms with Crippen molar-refractivity contribution in [1.82, 2.24) is 4.90 Å². The number of rotatable bonds is 5. The van der Waals surface area contributed by atoms with Crippen molar-refractivity contribution in [3.05, 3.63) is 34.3 Å². The highest BCUT2D eigenvalue weighted by molar-refractivity contribution is 9.10. The van der Waals surface area contributed by atoms with Crippen molar-refractivity contribution in [3.63, 3.8) is 0 Å². The average molecular weight is 368 g/mol. The van der Waals surface area contributed by atoms with E-state index >= 15 is 0 Å². The molecule has 1 atom stereocenters. The number of ether oxygens (including phenoxy) is 1. The van der Waals surface area contributed by atoms with Gasteiger partial charge in [0.25, 0.3) is 5.91 Å². The Morgan fingerprint density at radius 2 is 2.00 bits per heavy atom. The van der Waals surface area contributed by atoms with Crippen LogP contribution in [0.15, 0.2) is 28.7 Å². The van der Waals surface area contributed by atoms with Crippen LogP contribution in [0.25, 0.3) is 0 Å². The highest BCUT2D eigenvalue weighted by Crippen LogP contribution is 2.19. The molecule has 120 valence electrons. The lowest BCUT2D eigenvalue weighted by atomic mass is 10.00. The lowest BCUT2D eigenvalue weighted by Gasteiger charge is -2.35. The Morgan fingerprint density at radius 3 is 2.68 bits per heavy atom. The van der Waals surface area contributed by atoms with Crippen LogP contribution in [-0.2, 0) is 20.7 Å². The molecule has 1 heterocycles. The number of likely N-dealkylation sites (tertiary alicyclic amines) is 1. The minimum absolute atomic E-state index is 0.0734. The van der Waals surface area contributed by atoms with Gasteiger partial charge in [0, 0.05) is 17.1 Å². The second-order valence-electron chi connectivity index (χ2n) is 5.61. The minimum atomic E-state index is -0.360. The Hall–Kier alpha value is -1.36. The molecule has 0 spiro atoms. The van der Waals surface area contributed by atoms with E-state index in [1.807, 2.05) is 29.2 Å². The van der Waals surface area contributed by atoms with Gasteiger partial charge >= 0.3 is 5.97 Å². The molecule has 1 saturated heterocycles. The van der Waals surface area contributed by atoms with Crippen molar-refractivity contribution in [3.8, 4) is 0 Å². The molecule has 2 rings (SSSR count). The monoisotopic (exact) mass is 367 g/mol. The Bertz CT molecular complexity index is 515. The van der Waals surface area contributed by atoms with E-state index in [9.17, 15) is 9.59 Å². The molecule has 4 nitrogen and oxygen atoms in total. The van der Waals surface area contributed by atoms with Crippen LogP contribution in [0.3, 0.4) is 0 Å². The van der Waals surface area contributed by atoms with Gasteiger partial charge in [0.2, 0.25) is 0 Å². The quantitative estimate of drug-likeness (QED) is 0.749. The molecule has 1 aromatic rings. The van der Waals surface area contributed by atoms with Crippen molar-refractivity contribution in [1.29, 1.82) is 0 Å². The summed E-state index contributed by atoms with van der Waals surface area (Å²) in [5.41, 5.74) is 0.880. The number of benzene rings is 1. The first kappa shape index (κ1) is 17.0. The number of hydrogen-bond acceptors (Lipinski definition) is 3. The van der Waals surface area contributed by atoms with Crippen LogP contribution in [0.1, 0.15) is 38.2 Å². The fraction of sp³-hybridized carbons (Fsp3) is 0.529. The molecule has 22 heavy (non-hydrogen) atoms. The lowest BCUT2D eigenvalue weighted by molar-refractivity contribution is -0.153. The van der Waals surface area contributed by atoms with Gasteiger partial charge in [-0.05, 0) is 43.4 Å². The topological polar surface area (TPSA) is 46.6 Å². The molecule has 1 aliphatic heterocycles. The Kier molecular flexibility index (Phi) is 6.43. The summed E-state index contributed by atoms with van der Waals surface area (Å²) in [6, 6.07) is 7.79. The molecule has 0 aromatic heterocycles. The van der Waals surface area contributed by atoms with Crippen LogP contribution in [0, 0.1) is 0 Å². The SMILES string of the molecule is CCC1CCCCN1C(=O)COC(=O)Cc1ccc(Br)cc1. The van der Waals surface area contributed by atoms with Crippen molar-refractivity contribution in [2.45, 2.75) is 45.1 Å². The first-order valence-corrected chi connectivity index (χ1v) is 8.59. The molecule has 0 saturated carbocycles. The van der Waals surface area contributed by atoms with E-state index in [0.717, 1.165) is 35.8 Å². The van der Waals surface area contributed by atoms with E-state index in [1.54, 1.807) is 0 Å². The van der Waals surface area contributed by atoms with Crippen molar-refractivity contribution in [2.75, 3.05) is 13.2 Å². The summed E-state index contributed by atoms with van der Waals surface area (Å²) in [7, 11) is 0. The molecule has 1 aromatic carbocycles. The van der Waals surface area contributed by atoms with Gasteiger partial charge in [0.1, 0.15) is 0 Å². The maximum atomic E-state index is 12.2. The van der Waals surface area contributed by atoms with Crippen LogP contribution in [0.4, 0.5) is 0 Å². The number of carbonyl (C=O) groups excluding carboxylic acids is 2. The highest BCUT2D eigenvalue weighted by Gasteiger charge is 2.25. The maximum absolute atomic E-state index is 12.2. The lowest BCUT2D eigenvalue weighted by Crippen LogP contribution is -2.45. The summed E-state index contributed by atoms with van der Waals surface area (Å²) < 4.78 is 6.11. The van der Waals surface area contributed by atoms with Gasteiger partial charge in [0.05, 0.1) is 6.42 Å². The fourth-order valence-electron chi connectivity index (χ4n) is 2.80. The van der Waals surface area contributed by atoms with Gasteiger partial charge in [-0.3, -0.25) is 9.59 Å². The molecule has 5 heteroatoms. The first-order valence-electron chi connectivity index (χ1n) is 7.79. The molecular formula is C17H22BrNO3. The Labute approximate surface area is 140 Å². The number of nitrogens with zero attached hydrogens (tertiary/aromatic N) is 1. The summed E-state index contributed by atoms with van der Waals surface area (Å²) in [6.45, 7) is 2.73. The molecule has 0 bridgehead atoms. The van der Waals surface area contributed by atoms with E-state index in [1.165, 1.54) is 6.42 Å². The molecule has 0 aliphatic carbocycles. The molecule has 1 fully saturated rings. The third kappa shape index (κ3) is 4.83. The molecular weight excluding hydrogens is 346 g/mol. The molecule has 1 unspecified atom stereocenters. The zero-order chi connectivity index (χ0) is 15.9. The molecule has 1 aliphatic rings. The third-order valence-electron chi connectivity index (χ3n) is 4.04. The van der Waals surface area contributed by atoms with Crippen LogP contribution in [0.5, 0.6) is 0 Å². The predicted octanol–water partition coefficient (Wildman–Crippen LogP) is 3.33. The van der Waals surface area contributed by atoms with Gasteiger partial charge in [-0.15, -0.1) is 0 Å². The number of hydrogen-bond donors (Lipinski definition) is 0. The van der Waals surface area contributed by atoms with Crippen LogP contribution in [0.2, 0.25) is 0 Å².